The summed E-state index contributed by atoms with van der Waals surface area (Å²) in [7, 11) is 4.10. The number of primary amides is 1. The Kier molecular flexibility index (Phi) is 5.58. The van der Waals surface area contributed by atoms with Gasteiger partial charge >= 0.3 is 0 Å². The number of nitrogens with one attached hydrogen (secondary N) is 1. The summed E-state index contributed by atoms with van der Waals surface area (Å²) in [5.41, 5.74) is 5.75. The van der Waals surface area contributed by atoms with E-state index in [1.807, 2.05) is 0 Å². The Morgan fingerprint density at radius 2 is 2.28 bits per heavy atom. The van der Waals surface area contributed by atoms with E-state index in [9.17, 15) is 4.79 Å². The molecule has 0 aliphatic heterocycles. The molecule has 100 valence electrons. The molecule has 0 aliphatic rings. The van der Waals surface area contributed by atoms with Crippen LogP contribution in [0.3, 0.4) is 0 Å². The Bertz CT molecular complexity index is 392. The summed E-state index contributed by atoms with van der Waals surface area (Å²) in [4.78, 5) is 17.6. The number of pyridine rings is 1. The first-order valence-electron chi connectivity index (χ1n) is 6.21. The lowest BCUT2D eigenvalue weighted by molar-refractivity contribution is 0.100. The number of likely N-dealkylation sites (N-methyl/N-ethyl adjacent to an activating group) is 1. The highest BCUT2D eigenvalue weighted by Crippen LogP contribution is 2.12. The minimum atomic E-state index is -0.456. The van der Waals surface area contributed by atoms with E-state index < -0.39 is 5.91 Å². The SMILES string of the molecule is CCC[C@H](CNc1ncccc1C(N)=O)N(C)C. The fraction of sp³-hybridized carbons (Fsp3) is 0.538. The van der Waals surface area contributed by atoms with Gasteiger partial charge in [-0.3, -0.25) is 4.79 Å². The largest absolute Gasteiger partial charge is 0.368 e. The third-order valence-electron chi connectivity index (χ3n) is 2.93. The van der Waals surface area contributed by atoms with Gasteiger partial charge in [0.2, 0.25) is 0 Å². The van der Waals surface area contributed by atoms with Crippen LogP contribution < -0.4 is 11.1 Å². The zero-order chi connectivity index (χ0) is 13.5. The van der Waals surface area contributed by atoms with E-state index in [0.29, 0.717) is 17.4 Å². The zero-order valence-electron chi connectivity index (χ0n) is 11.3. The number of carbonyl (C=O) groups excluding carboxylic acids is 1. The third kappa shape index (κ3) is 4.00. The number of nitrogens with two attached hydrogens (primary N) is 1. The van der Waals surface area contributed by atoms with Gasteiger partial charge in [-0.2, -0.15) is 0 Å². The summed E-state index contributed by atoms with van der Waals surface area (Å²) >= 11 is 0. The molecule has 1 heterocycles. The Morgan fingerprint density at radius 1 is 1.56 bits per heavy atom. The van der Waals surface area contributed by atoms with Gasteiger partial charge in [0.05, 0.1) is 5.56 Å². The highest BCUT2D eigenvalue weighted by Gasteiger charge is 2.13. The molecular weight excluding hydrogens is 228 g/mol. The topological polar surface area (TPSA) is 71.2 Å². The summed E-state index contributed by atoms with van der Waals surface area (Å²) in [6, 6.07) is 3.81. The monoisotopic (exact) mass is 250 g/mol. The molecule has 18 heavy (non-hydrogen) atoms. The van der Waals surface area contributed by atoms with Crippen molar-refractivity contribution in [3.63, 3.8) is 0 Å². The van der Waals surface area contributed by atoms with Crippen molar-refractivity contribution in [3.8, 4) is 0 Å². The van der Waals surface area contributed by atoms with Crippen LogP contribution in [0.4, 0.5) is 5.82 Å². The van der Waals surface area contributed by atoms with Crippen LogP contribution in [0.25, 0.3) is 0 Å². The van der Waals surface area contributed by atoms with E-state index in [1.165, 1.54) is 0 Å². The van der Waals surface area contributed by atoms with Crippen LogP contribution in [0.5, 0.6) is 0 Å². The lowest BCUT2D eigenvalue weighted by Gasteiger charge is -2.24. The summed E-state index contributed by atoms with van der Waals surface area (Å²) in [6.45, 7) is 2.91. The molecule has 0 spiro atoms. The molecule has 1 amide bonds. The highest BCUT2D eigenvalue weighted by molar-refractivity contribution is 5.97. The average Bonchev–Trinajstić information content (AvgIpc) is 2.34. The number of amides is 1. The summed E-state index contributed by atoms with van der Waals surface area (Å²) in [5.74, 6) is 0.107. The van der Waals surface area contributed by atoms with Crippen molar-refractivity contribution in [1.82, 2.24) is 9.88 Å². The Labute approximate surface area is 108 Å². The molecule has 0 fully saturated rings. The average molecular weight is 250 g/mol. The van der Waals surface area contributed by atoms with Crippen molar-refractivity contribution in [2.24, 2.45) is 5.73 Å². The van der Waals surface area contributed by atoms with Crippen LogP contribution in [0.15, 0.2) is 18.3 Å². The summed E-state index contributed by atoms with van der Waals surface area (Å²) in [5, 5.41) is 3.21. The normalized spacial score (nSPS) is 12.4. The van der Waals surface area contributed by atoms with Gasteiger partial charge in [-0.15, -0.1) is 0 Å². The second kappa shape index (κ2) is 6.96. The molecular formula is C13H22N4O. The third-order valence-corrected chi connectivity index (χ3v) is 2.93. The molecule has 1 rings (SSSR count). The predicted molar refractivity (Wildman–Crippen MR) is 73.6 cm³/mol. The van der Waals surface area contributed by atoms with Crippen LogP contribution in [0.2, 0.25) is 0 Å². The van der Waals surface area contributed by atoms with E-state index >= 15 is 0 Å². The maximum Gasteiger partial charge on any atom is 0.252 e. The van der Waals surface area contributed by atoms with Crippen molar-refractivity contribution in [2.45, 2.75) is 25.8 Å². The molecule has 0 aliphatic carbocycles. The van der Waals surface area contributed by atoms with Gasteiger partial charge in [0.15, 0.2) is 0 Å². The van der Waals surface area contributed by atoms with Crippen molar-refractivity contribution >= 4 is 11.7 Å². The van der Waals surface area contributed by atoms with Crippen molar-refractivity contribution < 1.29 is 4.79 Å². The number of nitrogens with zero attached hydrogens (tertiary/aromatic N) is 2. The van der Waals surface area contributed by atoms with Gasteiger partial charge in [0, 0.05) is 18.8 Å². The van der Waals surface area contributed by atoms with E-state index in [-0.39, 0.29) is 0 Å². The van der Waals surface area contributed by atoms with Crippen molar-refractivity contribution in [2.75, 3.05) is 26.0 Å². The molecule has 1 aromatic rings. The number of rotatable bonds is 7. The maximum absolute atomic E-state index is 11.3. The van der Waals surface area contributed by atoms with Crippen molar-refractivity contribution in [3.05, 3.63) is 23.9 Å². The van der Waals surface area contributed by atoms with Gasteiger partial charge in [-0.25, -0.2) is 4.98 Å². The molecule has 3 N–H and O–H groups in total. The highest BCUT2D eigenvalue weighted by atomic mass is 16.1. The number of hydrogen-bond acceptors (Lipinski definition) is 4. The second-order valence-electron chi connectivity index (χ2n) is 4.55. The van der Waals surface area contributed by atoms with Gasteiger partial charge in [0.25, 0.3) is 5.91 Å². The smallest absolute Gasteiger partial charge is 0.252 e. The van der Waals surface area contributed by atoms with Gasteiger partial charge < -0.3 is 16.0 Å². The molecule has 0 saturated carbocycles. The molecule has 0 aromatic carbocycles. The molecule has 5 heteroatoms. The number of anilines is 1. The Morgan fingerprint density at radius 3 is 2.83 bits per heavy atom. The molecule has 1 aromatic heterocycles. The molecule has 0 bridgehead atoms. The summed E-state index contributed by atoms with van der Waals surface area (Å²) < 4.78 is 0. The van der Waals surface area contributed by atoms with Gasteiger partial charge in [-0.05, 0) is 32.6 Å². The fourth-order valence-electron chi connectivity index (χ4n) is 1.84. The van der Waals surface area contributed by atoms with Crippen LogP contribution in [0, 0.1) is 0 Å². The van der Waals surface area contributed by atoms with Crippen molar-refractivity contribution in [1.29, 1.82) is 0 Å². The lowest BCUT2D eigenvalue weighted by atomic mass is 10.1. The Balaban J connectivity index is 2.70. The quantitative estimate of drug-likeness (QED) is 0.765. The predicted octanol–water partition coefficient (Wildman–Crippen LogP) is 1.32. The standard InChI is InChI=1S/C13H22N4O/c1-4-6-10(17(2)3)9-16-13-11(12(14)18)7-5-8-15-13/h5,7-8,10H,4,6,9H2,1-3H3,(H2,14,18)(H,15,16)/t10-/m1/s1. The minimum absolute atomic E-state index is 0.415. The molecule has 0 radical (unpaired) electrons. The lowest BCUT2D eigenvalue weighted by Crippen LogP contribution is -2.34. The van der Waals surface area contributed by atoms with E-state index in [0.717, 1.165) is 19.4 Å². The van der Waals surface area contributed by atoms with Crippen LogP contribution in [-0.4, -0.2) is 42.5 Å². The van der Waals surface area contributed by atoms with Crippen LogP contribution in [0.1, 0.15) is 30.1 Å². The van der Waals surface area contributed by atoms with E-state index in [2.05, 4.69) is 36.2 Å². The number of hydrogen-bond donors (Lipinski definition) is 2. The first kappa shape index (κ1) is 14.4. The zero-order valence-corrected chi connectivity index (χ0v) is 11.3. The van der Waals surface area contributed by atoms with E-state index in [4.69, 9.17) is 5.73 Å². The minimum Gasteiger partial charge on any atom is -0.368 e. The molecule has 0 saturated heterocycles. The second-order valence-corrected chi connectivity index (χ2v) is 4.55. The first-order chi connectivity index (χ1) is 8.56. The fourth-order valence-corrected chi connectivity index (χ4v) is 1.84. The summed E-state index contributed by atoms with van der Waals surface area (Å²) in [6.07, 6.45) is 3.87. The van der Waals surface area contributed by atoms with Crippen LogP contribution >= 0.6 is 0 Å². The molecule has 1 atom stereocenters. The number of aromatic nitrogens is 1. The maximum atomic E-state index is 11.3. The Hall–Kier alpha value is -1.62. The first-order valence-corrected chi connectivity index (χ1v) is 6.21. The molecule has 5 nitrogen and oxygen atoms in total. The molecule has 0 unspecified atom stereocenters. The van der Waals surface area contributed by atoms with Gasteiger partial charge in [0.1, 0.15) is 5.82 Å². The number of carbonyl (C=O) groups is 1. The van der Waals surface area contributed by atoms with E-state index in [1.54, 1.807) is 18.3 Å². The van der Waals surface area contributed by atoms with Gasteiger partial charge in [-0.1, -0.05) is 13.3 Å². The van der Waals surface area contributed by atoms with Crippen LogP contribution in [-0.2, 0) is 0 Å².